The van der Waals surface area contributed by atoms with Gasteiger partial charge in [0.1, 0.15) is 0 Å². The quantitative estimate of drug-likeness (QED) is 0.493. The van der Waals surface area contributed by atoms with Crippen molar-refractivity contribution >= 4 is 15.9 Å². The van der Waals surface area contributed by atoms with Crippen LogP contribution in [-0.2, 0) is 0 Å². The first-order valence-corrected chi connectivity index (χ1v) is 3.45. The Morgan fingerprint density at radius 3 is 2.57 bits per heavy atom. The van der Waals surface area contributed by atoms with E-state index in [0.717, 1.165) is 11.8 Å². The summed E-state index contributed by atoms with van der Waals surface area (Å²) >= 11 is 3.29. The smallest absolute Gasteiger partial charge is 0.0106 e. The zero-order valence-corrected chi connectivity index (χ0v) is 5.82. The second-order valence-electron chi connectivity index (χ2n) is 1.18. The minimum atomic E-state index is 0.660. The maximum atomic E-state index is 5.17. The van der Waals surface area contributed by atoms with Crippen molar-refractivity contribution in [2.45, 2.75) is 6.42 Å². The molecule has 0 rings (SSSR count). The predicted molar refractivity (Wildman–Crippen MR) is 36.6 cm³/mol. The third-order valence-corrected chi connectivity index (χ3v) is 1.04. The molecule has 0 saturated carbocycles. The molecule has 42 valence electrons. The van der Waals surface area contributed by atoms with E-state index in [2.05, 4.69) is 22.0 Å². The van der Waals surface area contributed by atoms with Crippen molar-refractivity contribution in [3.63, 3.8) is 0 Å². The number of hydrogen-bond acceptors (Lipinski definition) is 1. The number of allylic oxidation sites excluding steroid dienone is 1. The number of nitrogens with two attached hydrogens (primary N) is 1. The summed E-state index contributed by atoms with van der Waals surface area (Å²) in [5.74, 6) is 0. The van der Waals surface area contributed by atoms with Crippen LogP contribution in [0, 0.1) is 0 Å². The number of alkyl halides is 1. The van der Waals surface area contributed by atoms with Crippen molar-refractivity contribution in [3.8, 4) is 0 Å². The van der Waals surface area contributed by atoms with Gasteiger partial charge in [-0.25, -0.2) is 0 Å². The normalized spacial score (nSPS) is 10.6. The standard InChI is InChI=1S/C5H10BrN/c6-4-2-1-3-5-7/h1,3H,2,4-5,7H2. The third-order valence-electron chi connectivity index (χ3n) is 0.579. The average molecular weight is 164 g/mol. The van der Waals surface area contributed by atoms with Gasteiger partial charge in [0.05, 0.1) is 0 Å². The number of rotatable bonds is 3. The van der Waals surface area contributed by atoms with E-state index in [0.29, 0.717) is 6.54 Å². The molecule has 0 aromatic heterocycles. The fourth-order valence-electron chi connectivity index (χ4n) is 0.277. The minimum Gasteiger partial charge on any atom is -0.327 e. The Bertz CT molecular complexity index is 52.0. The van der Waals surface area contributed by atoms with Gasteiger partial charge in [0, 0.05) is 11.9 Å². The number of hydrogen-bond donors (Lipinski definition) is 1. The Kier molecular flexibility index (Phi) is 6.34. The van der Waals surface area contributed by atoms with Gasteiger partial charge in [0.2, 0.25) is 0 Å². The summed E-state index contributed by atoms with van der Waals surface area (Å²) in [6.45, 7) is 0.660. The fraction of sp³-hybridized carbons (Fsp3) is 0.600. The molecule has 0 aromatic carbocycles. The van der Waals surface area contributed by atoms with Crippen molar-refractivity contribution in [3.05, 3.63) is 12.2 Å². The molecule has 0 heterocycles. The molecule has 0 saturated heterocycles. The molecule has 0 atom stereocenters. The summed E-state index contributed by atoms with van der Waals surface area (Å²) in [7, 11) is 0. The lowest BCUT2D eigenvalue weighted by Gasteiger charge is -1.78. The van der Waals surface area contributed by atoms with Crippen LogP contribution in [0.2, 0.25) is 0 Å². The van der Waals surface area contributed by atoms with Gasteiger partial charge in [0.15, 0.2) is 0 Å². The van der Waals surface area contributed by atoms with Crippen LogP contribution in [0.1, 0.15) is 6.42 Å². The van der Waals surface area contributed by atoms with Crippen molar-refractivity contribution in [2.75, 3.05) is 11.9 Å². The summed E-state index contributed by atoms with van der Waals surface area (Å²) in [6.07, 6.45) is 5.10. The molecule has 0 radical (unpaired) electrons. The molecular weight excluding hydrogens is 154 g/mol. The third kappa shape index (κ3) is 6.18. The summed E-state index contributed by atoms with van der Waals surface area (Å²) < 4.78 is 0. The molecule has 0 aliphatic heterocycles. The van der Waals surface area contributed by atoms with Gasteiger partial charge in [-0.05, 0) is 6.42 Å². The predicted octanol–water partition coefficient (Wildman–Crippen LogP) is 1.29. The van der Waals surface area contributed by atoms with Gasteiger partial charge < -0.3 is 5.73 Å². The van der Waals surface area contributed by atoms with E-state index in [9.17, 15) is 0 Å². The Morgan fingerprint density at radius 2 is 2.14 bits per heavy atom. The Hall–Kier alpha value is 0.180. The van der Waals surface area contributed by atoms with E-state index in [4.69, 9.17) is 5.73 Å². The maximum Gasteiger partial charge on any atom is 0.0106 e. The molecule has 0 bridgehead atoms. The molecule has 0 aliphatic carbocycles. The second kappa shape index (κ2) is 6.18. The van der Waals surface area contributed by atoms with Gasteiger partial charge >= 0.3 is 0 Å². The fourth-order valence-corrected chi connectivity index (χ4v) is 0.541. The molecule has 0 aliphatic rings. The monoisotopic (exact) mass is 163 g/mol. The van der Waals surface area contributed by atoms with Crippen LogP contribution in [0.5, 0.6) is 0 Å². The first-order chi connectivity index (χ1) is 3.41. The molecule has 7 heavy (non-hydrogen) atoms. The average Bonchev–Trinajstić information content (AvgIpc) is 1.69. The van der Waals surface area contributed by atoms with Crippen molar-refractivity contribution in [1.29, 1.82) is 0 Å². The highest BCUT2D eigenvalue weighted by Crippen LogP contribution is 1.86. The maximum absolute atomic E-state index is 5.17. The van der Waals surface area contributed by atoms with Gasteiger partial charge in [-0.1, -0.05) is 28.1 Å². The first-order valence-electron chi connectivity index (χ1n) is 2.33. The van der Waals surface area contributed by atoms with Crippen LogP contribution >= 0.6 is 15.9 Å². The topological polar surface area (TPSA) is 26.0 Å². The minimum absolute atomic E-state index is 0.660. The van der Waals surface area contributed by atoms with Crippen LogP contribution in [0.15, 0.2) is 12.2 Å². The van der Waals surface area contributed by atoms with Crippen LogP contribution in [0.3, 0.4) is 0 Å². The lowest BCUT2D eigenvalue weighted by Crippen LogP contribution is -1.91. The molecule has 2 heteroatoms. The molecule has 0 unspecified atom stereocenters. The van der Waals surface area contributed by atoms with Gasteiger partial charge in [0.25, 0.3) is 0 Å². The van der Waals surface area contributed by atoms with Gasteiger partial charge in [-0.15, -0.1) is 0 Å². The molecule has 1 nitrogen and oxygen atoms in total. The lowest BCUT2D eigenvalue weighted by atomic mass is 10.4. The summed E-state index contributed by atoms with van der Waals surface area (Å²) in [5, 5.41) is 1.03. The Balaban J connectivity index is 2.78. The summed E-state index contributed by atoms with van der Waals surface area (Å²) in [5.41, 5.74) is 5.17. The van der Waals surface area contributed by atoms with Crippen LogP contribution in [0.4, 0.5) is 0 Å². The van der Waals surface area contributed by atoms with Crippen LogP contribution in [0.25, 0.3) is 0 Å². The van der Waals surface area contributed by atoms with Gasteiger partial charge in [-0.2, -0.15) is 0 Å². The van der Waals surface area contributed by atoms with E-state index in [1.54, 1.807) is 0 Å². The Labute approximate surface area is 52.7 Å². The molecule has 0 amide bonds. The van der Waals surface area contributed by atoms with Crippen LogP contribution < -0.4 is 5.73 Å². The summed E-state index contributed by atoms with van der Waals surface area (Å²) in [4.78, 5) is 0. The summed E-state index contributed by atoms with van der Waals surface area (Å²) in [6, 6.07) is 0. The van der Waals surface area contributed by atoms with E-state index in [1.165, 1.54) is 0 Å². The largest absolute Gasteiger partial charge is 0.327 e. The highest BCUT2D eigenvalue weighted by Gasteiger charge is 1.69. The zero-order valence-electron chi connectivity index (χ0n) is 4.23. The van der Waals surface area contributed by atoms with E-state index in [-0.39, 0.29) is 0 Å². The zero-order chi connectivity index (χ0) is 5.54. The molecule has 0 spiro atoms. The number of halogens is 1. The van der Waals surface area contributed by atoms with E-state index >= 15 is 0 Å². The molecule has 0 fully saturated rings. The van der Waals surface area contributed by atoms with E-state index < -0.39 is 0 Å². The van der Waals surface area contributed by atoms with Crippen LogP contribution in [-0.4, -0.2) is 11.9 Å². The van der Waals surface area contributed by atoms with Crippen molar-refractivity contribution in [1.82, 2.24) is 0 Å². The van der Waals surface area contributed by atoms with Crippen molar-refractivity contribution < 1.29 is 0 Å². The first kappa shape index (κ1) is 7.18. The SMILES string of the molecule is NCC=CCCBr. The highest BCUT2D eigenvalue weighted by atomic mass is 79.9. The Morgan fingerprint density at radius 1 is 1.43 bits per heavy atom. The van der Waals surface area contributed by atoms with Gasteiger partial charge in [-0.3, -0.25) is 0 Å². The molecule has 2 N–H and O–H groups in total. The van der Waals surface area contributed by atoms with E-state index in [1.807, 2.05) is 6.08 Å². The lowest BCUT2D eigenvalue weighted by molar-refractivity contribution is 1.19. The second-order valence-corrected chi connectivity index (χ2v) is 1.98. The van der Waals surface area contributed by atoms with Crippen molar-refractivity contribution in [2.24, 2.45) is 5.73 Å². The highest BCUT2D eigenvalue weighted by molar-refractivity contribution is 9.09. The molecular formula is C5H10BrN. The molecule has 0 aromatic rings.